The van der Waals surface area contributed by atoms with Gasteiger partial charge < -0.3 is 10.2 Å². The third-order valence-electron chi connectivity index (χ3n) is 3.02. The lowest BCUT2D eigenvalue weighted by molar-refractivity contribution is -0.141. The zero-order valence-corrected chi connectivity index (χ0v) is 10.5. The van der Waals surface area contributed by atoms with Gasteiger partial charge in [0.15, 0.2) is 0 Å². The summed E-state index contributed by atoms with van der Waals surface area (Å²) in [6.45, 7) is -1.18. The van der Waals surface area contributed by atoms with E-state index in [0.29, 0.717) is 12.8 Å². The summed E-state index contributed by atoms with van der Waals surface area (Å²) in [5.41, 5.74) is 1.10. The highest BCUT2D eigenvalue weighted by atomic mass is 19.4. The SMILES string of the molecule is CNc1ccc(C(=O)N(CC(F)(F)F)C2CC2)cc1. The van der Waals surface area contributed by atoms with Crippen molar-refractivity contribution in [1.82, 2.24) is 4.90 Å². The van der Waals surface area contributed by atoms with Gasteiger partial charge in [-0.3, -0.25) is 4.79 Å². The molecule has 19 heavy (non-hydrogen) atoms. The Morgan fingerprint density at radius 1 is 1.32 bits per heavy atom. The van der Waals surface area contributed by atoms with Crippen molar-refractivity contribution in [1.29, 1.82) is 0 Å². The van der Waals surface area contributed by atoms with Crippen molar-refractivity contribution in [2.45, 2.75) is 25.1 Å². The fraction of sp³-hybridized carbons (Fsp3) is 0.462. The average molecular weight is 272 g/mol. The van der Waals surface area contributed by atoms with Crippen LogP contribution in [0, 0.1) is 0 Å². The second-order valence-electron chi connectivity index (χ2n) is 4.61. The Labute approximate surface area is 109 Å². The summed E-state index contributed by atoms with van der Waals surface area (Å²) in [4.78, 5) is 13.0. The Balaban J connectivity index is 2.14. The Morgan fingerprint density at radius 3 is 2.32 bits per heavy atom. The zero-order valence-electron chi connectivity index (χ0n) is 10.5. The molecular formula is C13H15F3N2O. The number of amides is 1. The maximum atomic E-state index is 12.5. The molecule has 0 aliphatic heterocycles. The van der Waals surface area contributed by atoms with Crippen molar-refractivity contribution in [2.75, 3.05) is 18.9 Å². The first-order valence-corrected chi connectivity index (χ1v) is 6.06. The molecule has 1 aliphatic carbocycles. The Morgan fingerprint density at radius 2 is 1.89 bits per heavy atom. The van der Waals surface area contributed by atoms with E-state index in [1.807, 2.05) is 0 Å². The van der Waals surface area contributed by atoms with Crippen LogP contribution in [-0.4, -0.2) is 36.6 Å². The number of carbonyl (C=O) groups is 1. The van der Waals surface area contributed by atoms with Crippen molar-refractivity contribution < 1.29 is 18.0 Å². The van der Waals surface area contributed by atoms with Gasteiger partial charge in [-0.2, -0.15) is 13.2 Å². The number of halogens is 3. The fourth-order valence-electron chi connectivity index (χ4n) is 1.89. The van der Waals surface area contributed by atoms with Crippen LogP contribution in [0.15, 0.2) is 24.3 Å². The molecule has 1 aromatic carbocycles. The molecule has 1 saturated carbocycles. The Bertz CT molecular complexity index is 452. The normalized spacial score (nSPS) is 15.2. The number of benzene rings is 1. The first-order valence-electron chi connectivity index (χ1n) is 6.06. The lowest BCUT2D eigenvalue weighted by Gasteiger charge is -2.23. The molecule has 1 N–H and O–H groups in total. The molecule has 0 spiro atoms. The maximum absolute atomic E-state index is 12.5. The molecule has 1 aromatic rings. The largest absolute Gasteiger partial charge is 0.406 e. The third kappa shape index (κ3) is 3.62. The molecule has 0 atom stereocenters. The second-order valence-corrected chi connectivity index (χ2v) is 4.61. The van der Waals surface area contributed by atoms with E-state index in [-0.39, 0.29) is 11.6 Å². The summed E-state index contributed by atoms with van der Waals surface area (Å²) in [5, 5.41) is 2.89. The van der Waals surface area contributed by atoms with Gasteiger partial charge in [0.1, 0.15) is 6.54 Å². The minimum atomic E-state index is -4.36. The quantitative estimate of drug-likeness (QED) is 0.914. The molecule has 2 rings (SSSR count). The Kier molecular flexibility index (Phi) is 3.68. The summed E-state index contributed by atoms with van der Waals surface area (Å²) in [7, 11) is 1.73. The third-order valence-corrected chi connectivity index (χ3v) is 3.02. The summed E-state index contributed by atoms with van der Waals surface area (Å²) < 4.78 is 37.5. The molecule has 0 saturated heterocycles. The molecule has 0 aromatic heterocycles. The van der Waals surface area contributed by atoms with Crippen LogP contribution < -0.4 is 5.32 Å². The molecule has 1 aliphatic rings. The number of hydrogen-bond donors (Lipinski definition) is 1. The summed E-state index contributed by atoms with van der Waals surface area (Å²) in [6.07, 6.45) is -3.06. The van der Waals surface area contributed by atoms with Gasteiger partial charge in [-0.15, -0.1) is 0 Å². The predicted molar refractivity (Wildman–Crippen MR) is 66.1 cm³/mol. The monoisotopic (exact) mass is 272 g/mol. The number of nitrogens with zero attached hydrogens (tertiary/aromatic N) is 1. The average Bonchev–Trinajstić information content (AvgIpc) is 3.18. The van der Waals surface area contributed by atoms with Crippen LogP contribution in [0.2, 0.25) is 0 Å². The number of alkyl halides is 3. The number of anilines is 1. The molecule has 0 heterocycles. The summed E-state index contributed by atoms with van der Waals surface area (Å²) in [6, 6.07) is 6.16. The van der Waals surface area contributed by atoms with Crippen LogP contribution in [0.4, 0.5) is 18.9 Å². The topological polar surface area (TPSA) is 32.3 Å². The molecule has 3 nitrogen and oxygen atoms in total. The lowest BCUT2D eigenvalue weighted by atomic mass is 10.1. The molecule has 0 bridgehead atoms. The number of nitrogens with one attached hydrogen (secondary N) is 1. The van der Waals surface area contributed by atoms with E-state index in [1.165, 1.54) is 0 Å². The van der Waals surface area contributed by atoms with Gasteiger partial charge in [-0.1, -0.05) is 0 Å². The molecule has 6 heteroatoms. The van der Waals surface area contributed by atoms with Gasteiger partial charge >= 0.3 is 6.18 Å². The highest BCUT2D eigenvalue weighted by molar-refractivity contribution is 5.95. The first-order chi connectivity index (χ1) is 8.90. The van der Waals surface area contributed by atoms with Crippen LogP contribution in [0.25, 0.3) is 0 Å². The number of rotatable bonds is 4. The predicted octanol–water partition coefficient (Wildman–Crippen LogP) is 2.90. The van der Waals surface area contributed by atoms with Crippen LogP contribution in [-0.2, 0) is 0 Å². The van der Waals surface area contributed by atoms with Gasteiger partial charge in [0.2, 0.25) is 0 Å². The van der Waals surface area contributed by atoms with Gasteiger partial charge in [-0.05, 0) is 37.1 Å². The highest BCUT2D eigenvalue weighted by Crippen LogP contribution is 2.31. The minimum absolute atomic E-state index is 0.266. The molecule has 0 unspecified atom stereocenters. The van der Waals surface area contributed by atoms with Crippen LogP contribution >= 0.6 is 0 Å². The summed E-state index contributed by atoms with van der Waals surface area (Å²) in [5.74, 6) is -0.553. The van der Waals surface area contributed by atoms with E-state index in [4.69, 9.17) is 0 Å². The zero-order chi connectivity index (χ0) is 14.0. The molecule has 104 valence electrons. The van der Waals surface area contributed by atoms with Gasteiger partial charge in [0.25, 0.3) is 5.91 Å². The van der Waals surface area contributed by atoms with Crippen LogP contribution in [0.1, 0.15) is 23.2 Å². The summed E-state index contributed by atoms with van der Waals surface area (Å²) >= 11 is 0. The second kappa shape index (κ2) is 5.11. The smallest absolute Gasteiger partial charge is 0.388 e. The van der Waals surface area contributed by atoms with Crippen LogP contribution in [0.3, 0.4) is 0 Å². The van der Waals surface area contributed by atoms with Gasteiger partial charge in [0, 0.05) is 24.3 Å². The first kappa shape index (κ1) is 13.7. The van der Waals surface area contributed by atoms with Gasteiger partial charge in [-0.25, -0.2) is 0 Å². The molecular weight excluding hydrogens is 257 g/mol. The van der Waals surface area contributed by atoms with Crippen molar-refractivity contribution in [3.8, 4) is 0 Å². The fourth-order valence-corrected chi connectivity index (χ4v) is 1.89. The van der Waals surface area contributed by atoms with Crippen molar-refractivity contribution >= 4 is 11.6 Å². The van der Waals surface area contributed by atoms with Crippen molar-refractivity contribution in [2.24, 2.45) is 0 Å². The van der Waals surface area contributed by atoms with E-state index >= 15 is 0 Å². The minimum Gasteiger partial charge on any atom is -0.388 e. The molecule has 1 fully saturated rings. The van der Waals surface area contributed by atoms with Gasteiger partial charge in [0.05, 0.1) is 0 Å². The van der Waals surface area contributed by atoms with E-state index in [1.54, 1.807) is 31.3 Å². The van der Waals surface area contributed by atoms with E-state index in [2.05, 4.69) is 5.32 Å². The number of hydrogen-bond acceptors (Lipinski definition) is 2. The van der Waals surface area contributed by atoms with E-state index in [0.717, 1.165) is 10.6 Å². The van der Waals surface area contributed by atoms with E-state index in [9.17, 15) is 18.0 Å². The molecule has 0 radical (unpaired) electrons. The van der Waals surface area contributed by atoms with Crippen molar-refractivity contribution in [3.63, 3.8) is 0 Å². The van der Waals surface area contributed by atoms with E-state index < -0.39 is 18.6 Å². The standard InChI is InChI=1S/C13H15F3N2O/c1-17-10-4-2-9(3-5-10)12(19)18(11-6-7-11)8-13(14,15)16/h2-5,11,17H,6-8H2,1H3. The Hall–Kier alpha value is -1.72. The molecule has 1 amide bonds. The van der Waals surface area contributed by atoms with Crippen molar-refractivity contribution in [3.05, 3.63) is 29.8 Å². The van der Waals surface area contributed by atoms with Crippen LogP contribution in [0.5, 0.6) is 0 Å². The number of carbonyl (C=O) groups excluding carboxylic acids is 1. The lowest BCUT2D eigenvalue weighted by Crippen LogP contribution is -2.40. The highest BCUT2D eigenvalue weighted by Gasteiger charge is 2.40. The maximum Gasteiger partial charge on any atom is 0.406 e.